The van der Waals surface area contributed by atoms with Gasteiger partial charge in [-0.05, 0) is 42.9 Å². The van der Waals surface area contributed by atoms with E-state index in [4.69, 9.17) is 0 Å². The average Bonchev–Trinajstić information content (AvgIpc) is 2.33. The Kier molecular flexibility index (Phi) is 3.15. The van der Waals surface area contributed by atoms with Gasteiger partial charge in [0.2, 0.25) is 0 Å². The number of halogens is 2. The van der Waals surface area contributed by atoms with Gasteiger partial charge < -0.3 is 0 Å². The van der Waals surface area contributed by atoms with Crippen molar-refractivity contribution in [3.63, 3.8) is 0 Å². The summed E-state index contributed by atoms with van der Waals surface area (Å²) in [5.74, 6) is 0. The molecule has 0 amide bonds. The molecule has 0 radical (unpaired) electrons. The zero-order valence-corrected chi connectivity index (χ0v) is 15.4. The molecule has 0 aliphatic heterocycles. The maximum absolute atomic E-state index is 2.91. The summed E-state index contributed by atoms with van der Waals surface area (Å²) in [6.07, 6.45) is 13.3. The highest BCUT2D eigenvalue weighted by atomic mass is 127. The molecule has 4 unspecified atom stereocenters. The maximum Gasteiger partial charge on any atom is 0.0435 e. The zero-order valence-electron chi connectivity index (χ0n) is 11.1. The van der Waals surface area contributed by atoms with E-state index in [1.165, 1.54) is 57.8 Å². The number of alkyl halides is 2. The molecule has 0 N–H and O–H groups in total. The van der Waals surface area contributed by atoms with E-state index in [2.05, 4.69) is 59.0 Å². The fourth-order valence-electron chi connectivity index (χ4n) is 5.88. The van der Waals surface area contributed by atoms with Gasteiger partial charge in [0.15, 0.2) is 0 Å². The van der Waals surface area contributed by atoms with Crippen molar-refractivity contribution < 1.29 is 0 Å². The van der Waals surface area contributed by atoms with Gasteiger partial charge in [0.1, 0.15) is 0 Å². The van der Waals surface area contributed by atoms with Crippen LogP contribution in [-0.2, 0) is 0 Å². The molecular formula is C15H24I2. The summed E-state index contributed by atoms with van der Waals surface area (Å²) in [5.41, 5.74) is 1.30. The van der Waals surface area contributed by atoms with Crippen LogP contribution in [0, 0.1) is 10.8 Å². The van der Waals surface area contributed by atoms with Crippen LogP contribution in [-0.4, -0.2) is 6.84 Å². The monoisotopic (exact) mass is 458 g/mol. The molecule has 3 aliphatic rings. The molecule has 0 aromatic heterocycles. The van der Waals surface area contributed by atoms with E-state index in [1.807, 2.05) is 0 Å². The molecule has 3 saturated carbocycles. The van der Waals surface area contributed by atoms with Gasteiger partial charge in [-0.15, -0.1) is 0 Å². The van der Waals surface area contributed by atoms with E-state index >= 15 is 0 Å². The Bertz CT molecular complexity index is 320. The fraction of sp³-hybridized carbons (Fsp3) is 1.00. The first-order valence-corrected chi connectivity index (χ1v) is 9.51. The number of hydrogen-bond donors (Lipinski definition) is 0. The molecule has 2 heteroatoms. The highest BCUT2D eigenvalue weighted by Crippen LogP contribution is 2.84. The van der Waals surface area contributed by atoms with Crippen molar-refractivity contribution in [3.05, 3.63) is 0 Å². The van der Waals surface area contributed by atoms with E-state index in [-0.39, 0.29) is 0 Å². The Morgan fingerprint density at radius 3 is 2.00 bits per heavy atom. The standard InChI is InChI=1S/C15H24I2/c1-3-13-9-5-7-11-15(13,17)14(16)10-6-4-8-12(13,14)2/h3-11H2,1-2H3. The highest BCUT2D eigenvalue weighted by Gasteiger charge is 2.82. The van der Waals surface area contributed by atoms with Crippen LogP contribution in [0.5, 0.6) is 0 Å². The van der Waals surface area contributed by atoms with Crippen molar-refractivity contribution in [2.75, 3.05) is 0 Å². The zero-order chi connectivity index (χ0) is 12.4. The van der Waals surface area contributed by atoms with Gasteiger partial charge in [-0.25, -0.2) is 0 Å². The predicted octanol–water partition coefficient (Wildman–Crippen LogP) is 5.90. The quantitative estimate of drug-likeness (QED) is 0.339. The van der Waals surface area contributed by atoms with Gasteiger partial charge in [0.05, 0.1) is 0 Å². The van der Waals surface area contributed by atoms with Crippen LogP contribution in [0.4, 0.5) is 0 Å². The van der Waals surface area contributed by atoms with Crippen LogP contribution in [0.2, 0.25) is 0 Å². The predicted molar refractivity (Wildman–Crippen MR) is 91.3 cm³/mol. The van der Waals surface area contributed by atoms with Gasteiger partial charge in [-0.3, -0.25) is 0 Å². The summed E-state index contributed by atoms with van der Waals surface area (Å²) in [4.78, 5) is 0. The maximum atomic E-state index is 2.91. The molecule has 4 atom stereocenters. The minimum Gasteiger partial charge on any atom is -0.0768 e. The normalized spacial score (nSPS) is 57.9. The molecule has 17 heavy (non-hydrogen) atoms. The van der Waals surface area contributed by atoms with Crippen molar-refractivity contribution >= 4 is 45.2 Å². The number of rotatable bonds is 1. The van der Waals surface area contributed by atoms with Gasteiger partial charge in [0, 0.05) is 6.84 Å². The lowest BCUT2D eigenvalue weighted by atomic mass is 9.32. The number of hydrogen-bond acceptors (Lipinski definition) is 0. The van der Waals surface area contributed by atoms with Crippen molar-refractivity contribution in [1.82, 2.24) is 0 Å². The van der Waals surface area contributed by atoms with Crippen LogP contribution in [0.15, 0.2) is 0 Å². The third-order valence-corrected chi connectivity index (χ3v) is 12.9. The molecule has 0 aromatic carbocycles. The average molecular weight is 458 g/mol. The molecule has 98 valence electrons. The largest absolute Gasteiger partial charge is 0.0768 e. The minimum atomic E-state index is 0.604. The summed E-state index contributed by atoms with van der Waals surface area (Å²) in [6.45, 7) is 5.11. The van der Waals surface area contributed by atoms with Gasteiger partial charge >= 0.3 is 0 Å². The summed E-state index contributed by atoms with van der Waals surface area (Å²) in [7, 11) is 0. The Hall–Kier alpha value is 1.46. The second-order valence-corrected chi connectivity index (χ2v) is 10.5. The SMILES string of the molecule is CCC12CCCCC1(I)C1(I)CCCCC12C. The molecule has 0 heterocycles. The number of fused-ring (bicyclic) bond motifs is 4. The molecule has 0 spiro atoms. The van der Waals surface area contributed by atoms with Crippen LogP contribution in [0.25, 0.3) is 0 Å². The van der Waals surface area contributed by atoms with Crippen LogP contribution in [0.3, 0.4) is 0 Å². The molecule has 3 fully saturated rings. The van der Waals surface area contributed by atoms with Gasteiger partial charge in [-0.2, -0.15) is 0 Å². The first-order valence-electron chi connectivity index (χ1n) is 7.35. The Balaban J connectivity index is 2.10. The smallest absolute Gasteiger partial charge is 0.0435 e. The molecule has 0 saturated heterocycles. The van der Waals surface area contributed by atoms with Crippen LogP contribution in [0.1, 0.15) is 71.6 Å². The topological polar surface area (TPSA) is 0 Å². The Morgan fingerprint density at radius 1 is 0.824 bits per heavy atom. The second kappa shape index (κ2) is 3.98. The molecular weight excluding hydrogens is 434 g/mol. The van der Waals surface area contributed by atoms with E-state index in [9.17, 15) is 0 Å². The Morgan fingerprint density at radius 2 is 1.35 bits per heavy atom. The molecule has 3 aliphatic carbocycles. The third kappa shape index (κ3) is 1.22. The molecule has 0 bridgehead atoms. The van der Waals surface area contributed by atoms with Crippen molar-refractivity contribution in [2.24, 2.45) is 10.8 Å². The molecule has 0 nitrogen and oxygen atoms in total. The summed E-state index contributed by atoms with van der Waals surface area (Å²) in [5, 5.41) is 0. The van der Waals surface area contributed by atoms with E-state index in [1.54, 1.807) is 0 Å². The third-order valence-electron chi connectivity index (χ3n) is 6.74. The summed E-state index contributed by atoms with van der Waals surface area (Å²) < 4.78 is 1.22. The lowest BCUT2D eigenvalue weighted by molar-refractivity contribution is -0.179. The molecule has 0 aromatic rings. The minimum absolute atomic E-state index is 0.604. The van der Waals surface area contributed by atoms with Crippen molar-refractivity contribution in [3.8, 4) is 0 Å². The van der Waals surface area contributed by atoms with E-state index in [0.717, 1.165) is 0 Å². The van der Waals surface area contributed by atoms with E-state index < -0.39 is 0 Å². The van der Waals surface area contributed by atoms with Crippen LogP contribution >= 0.6 is 45.2 Å². The van der Waals surface area contributed by atoms with Crippen molar-refractivity contribution in [1.29, 1.82) is 0 Å². The lowest BCUT2D eigenvalue weighted by Gasteiger charge is -2.81. The summed E-state index contributed by atoms with van der Waals surface area (Å²) in [6, 6.07) is 0. The highest BCUT2D eigenvalue weighted by molar-refractivity contribution is 14.1. The van der Waals surface area contributed by atoms with Crippen LogP contribution < -0.4 is 0 Å². The Labute approximate surface area is 133 Å². The first-order chi connectivity index (χ1) is 7.97. The van der Waals surface area contributed by atoms with Gasteiger partial charge in [0.25, 0.3) is 0 Å². The molecule has 3 rings (SSSR count). The fourth-order valence-corrected chi connectivity index (χ4v) is 10.3. The summed E-state index contributed by atoms with van der Waals surface area (Å²) >= 11 is 5.81. The van der Waals surface area contributed by atoms with E-state index in [0.29, 0.717) is 17.7 Å². The lowest BCUT2D eigenvalue weighted by Crippen LogP contribution is -2.82. The second-order valence-electron chi connectivity index (χ2n) is 6.78. The first kappa shape index (κ1) is 13.4. The van der Waals surface area contributed by atoms with Gasteiger partial charge in [-0.1, -0.05) is 84.7 Å². The van der Waals surface area contributed by atoms with Crippen molar-refractivity contribution in [2.45, 2.75) is 78.5 Å².